The topological polar surface area (TPSA) is 168 Å². The third kappa shape index (κ3) is 2.02. The third-order valence-electron chi connectivity index (χ3n) is 2.36. The molecule has 0 aromatic heterocycles. The fourth-order valence-corrected chi connectivity index (χ4v) is 2.15. The second-order valence-electron chi connectivity index (χ2n) is 3.47. The van der Waals surface area contributed by atoms with Crippen LogP contribution in [0.5, 0.6) is 0 Å². The van der Waals surface area contributed by atoms with E-state index in [-0.39, 0.29) is 0 Å². The molecule has 16 heavy (non-hydrogen) atoms. The third-order valence-corrected chi connectivity index (χ3v) is 3.57. The lowest BCUT2D eigenvalue weighted by atomic mass is 9.99. The van der Waals surface area contributed by atoms with Crippen molar-refractivity contribution in [3.63, 3.8) is 0 Å². The predicted molar refractivity (Wildman–Crippen MR) is 47.0 cm³/mol. The van der Waals surface area contributed by atoms with E-state index in [1.165, 1.54) is 0 Å². The molecule has 5 atom stereocenters. The van der Waals surface area contributed by atoms with Crippen LogP contribution in [0.4, 0.5) is 0 Å². The Labute approximate surface area is 89.7 Å². The fourth-order valence-electron chi connectivity index (χ4n) is 1.38. The van der Waals surface area contributed by atoms with Gasteiger partial charge in [-0.3, -0.25) is 4.57 Å². The monoisotopic (exact) mass is 260 g/mol. The Bertz CT molecular complexity index is 300. The summed E-state index contributed by atoms with van der Waals surface area (Å²) in [6.45, 7) is -0.896. The normalized spacial score (nSPS) is 45.7. The predicted octanol–water partition coefficient (Wildman–Crippen LogP) is -3.72. The van der Waals surface area contributed by atoms with Gasteiger partial charge in [0.2, 0.25) is 0 Å². The highest BCUT2D eigenvalue weighted by molar-refractivity contribution is 7.53. The summed E-state index contributed by atoms with van der Waals surface area (Å²) in [6.07, 6.45) is -7.84. The minimum atomic E-state index is -5.32. The van der Waals surface area contributed by atoms with Gasteiger partial charge in [0.15, 0.2) is 0 Å². The van der Waals surface area contributed by atoms with E-state index in [1.807, 2.05) is 0 Å². The Kier molecular flexibility index (Phi) is 3.75. The molecule has 7 N–H and O–H groups in total. The van der Waals surface area contributed by atoms with E-state index in [0.29, 0.717) is 0 Å². The average Bonchev–Trinajstić information content (AvgIpc) is 2.19. The molecule has 9 nitrogen and oxygen atoms in total. The molecule has 0 saturated carbocycles. The lowest BCUT2D eigenvalue weighted by Crippen LogP contribution is -2.64. The van der Waals surface area contributed by atoms with E-state index in [1.54, 1.807) is 0 Å². The molecule has 0 aromatic carbocycles. The molecule has 0 radical (unpaired) electrons. The first-order valence-electron chi connectivity index (χ1n) is 4.26. The van der Waals surface area contributed by atoms with E-state index >= 15 is 0 Å². The largest absolute Gasteiger partial charge is 0.394 e. The summed E-state index contributed by atoms with van der Waals surface area (Å²) in [5.41, 5.74) is -3.35. The summed E-state index contributed by atoms with van der Waals surface area (Å²) in [6, 6.07) is 0. The molecule has 0 aromatic rings. The number of aliphatic hydroxyl groups is 5. The Balaban J connectivity index is 3.09. The van der Waals surface area contributed by atoms with Gasteiger partial charge in [-0.2, -0.15) is 0 Å². The van der Waals surface area contributed by atoms with Crippen molar-refractivity contribution in [2.45, 2.75) is 29.9 Å². The maximum Gasteiger partial charge on any atom is 0.387 e. The number of rotatable bonds is 2. The zero-order valence-electron chi connectivity index (χ0n) is 7.91. The zero-order chi connectivity index (χ0) is 12.7. The van der Waals surface area contributed by atoms with Gasteiger partial charge in [-0.1, -0.05) is 0 Å². The smallest absolute Gasteiger partial charge is 0.387 e. The molecule has 96 valence electrons. The van der Waals surface area contributed by atoms with Crippen LogP contribution in [0.25, 0.3) is 0 Å². The van der Waals surface area contributed by atoms with Gasteiger partial charge >= 0.3 is 7.60 Å². The fraction of sp³-hybridized carbons (Fsp3) is 1.00. The summed E-state index contributed by atoms with van der Waals surface area (Å²) in [7, 11) is -5.32. The van der Waals surface area contributed by atoms with Gasteiger partial charge < -0.3 is 40.1 Å². The molecular weight excluding hydrogens is 247 g/mol. The van der Waals surface area contributed by atoms with Crippen LogP contribution in [0.3, 0.4) is 0 Å². The molecule has 10 heteroatoms. The van der Waals surface area contributed by atoms with E-state index in [0.717, 1.165) is 0 Å². The van der Waals surface area contributed by atoms with E-state index in [2.05, 4.69) is 4.74 Å². The van der Waals surface area contributed by atoms with Crippen LogP contribution in [0.1, 0.15) is 0 Å². The van der Waals surface area contributed by atoms with Crippen molar-refractivity contribution in [2.75, 3.05) is 6.61 Å². The van der Waals surface area contributed by atoms with E-state index < -0.39 is 44.1 Å². The highest BCUT2D eigenvalue weighted by Crippen LogP contribution is 2.54. The molecular formula is C6H13O9P. The van der Waals surface area contributed by atoms with Crippen LogP contribution in [-0.4, -0.2) is 71.9 Å². The lowest BCUT2D eigenvalue weighted by Gasteiger charge is -2.44. The molecule has 0 amide bonds. The molecule has 1 aliphatic heterocycles. The molecule has 0 spiro atoms. The van der Waals surface area contributed by atoms with Crippen LogP contribution < -0.4 is 0 Å². The molecule has 1 rings (SSSR count). The Hall–Kier alpha value is -0.0900. The van der Waals surface area contributed by atoms with Gasteiger partial charge in [0.05, 0.1) is 6.61 Å². The maximum atomic E-state index is 10.9. The van der Waals surface area contributed by atoms with Crippen molar-refractivity contribution < 1.29 is 44.6 Å². The van der Waals surface area contributed by atoms with Crippen LogP contribution in [-0.2, 0) is 9.30 Å². The van der Waals surface area contributed by atoms with Gasteiger partial charge in [0, 0.05) is 0 Å². The number of hydrogen-bond acceptors (Lipinski definition) is 7. The molecule has 1 heterocycles. The summed E-state index contributed by atoms with van der Waals surface area (Å²) >= 11 is 0. The summed E-state index contributed by atoms with van der Waals surface area (Å²) in [4.78, 5) is 17.6. The van der Waals surface area contributed by atoms with E-state index in [9.17, 15) is 25.0 Å². The quantitative estimate of drug-likeness (QED) is 0.247. The molecule has 0 aliphatic carbocycles. The van der Waals surface area contributed by atoms with Crippen molar-refractivity contribution >= 4 is 7.60 Å². The SMILES string of the molecule is O=P(O)(O)[C@@]1(O)O[C@H](CO)[C@@H](O)[C@H](O)[C@@H]1O. The minimum Gasteiger partial charge on any atom is -0.394 e. The number of aliphatic hydroxyl groups excluding tert-OH is 4. The van der Waals surface area contributed by atoms with Gasteiger partial charge in [-0.15, -0.1) is 0 Å². The first-order chi connectivity index (χ1) is 7.15. The minimum absolute atomic E-state index is 0.896. The lowest BCUT2D eigenvalue weighted by molar-refractivity contribution is -0.315. The van der Waals surface area contributed by atoms with E-state index in [4.69, 9.17) is 14.9 Å². The standard InChI is InChI=1S/C6H13O9P/c7-1-2-3(8)4(9)5(10)6(11,15-2)16(12,13)14/h2-5,7-11H,1H2,(H2,12,13,14)/t2-,3-,4+,5+,6+/m1/s1. The molecule has 1 saturated heterocycles. The maximum absolute atomic E-state index is 10.9. The highest BCUT2D eigenvalue weighted by Gasteiger charge is 2.62. The Morgan fingerprint density at radius 2 is 1.69 bits per heavy atom. The zero-order valence-corrected chi connectivity index (χ0v) is 8.81. The van der Waals surface area contributed by atoms with Gasteiger partial charge in [-0.05, 0) is 0 Å². The van der Waals surface area contributed by atoms with Crippen LogP contribution in [0, 0.1) is 0 Å². The van der Waals surface area contributed by atoms with Crippen molar-refractivity contribution in [1.82, 2.24) is 0 Å². The number of hydrogen-bond donors (Lipinski definition) is 7. The second kappa shape index (κ2) is 4.30. The first kappa shape index (κ1) is 14.0. The van der Waals surface area contributed by atoms with Crippen molar-refractivity contribution in [3.8, 4) is 0 Å². The van der Waals surface area contributed by atoms with Gasteiger partial charge in [0.1, 0.15) is 24.4 Å². The molecule has 1 aliphatic rings. The Morgan fingerprint density at radius 3 is 2.06 bits per heavy atom. The molecule has 0 bridgehead atoms. The second-order valence-corrected chi connectivity index (χ2v) is 5.20. The average molecular weight is 260 g/mol. The molecule has 0 unspecified atom stereocenters. The van der Waals surface area contributed by atoms with Gasteiger partial charge in [-0.25, -0.2) is 0 Å². The van der Waals surface area contributed by atoms with Crippen molar-refractivity contribution in [2.24, 2.45) is 0 Å². The first-order valence-corrected chi connectivity index (χ1v) is 5.87. The van der Waals surface area contributed by atoms with Crippen molar-refractivity contribution in [3.05, 3.63) is 0 Å². The summed E-state index contributed by atoms with van der Waals surface area (Å²) in [5, 5.41) is 45.9. The summed E-state index contributed by atoms with van der Waals surface area (Å²) < 4.78 is 15.3. The highest BCUT2D eigenvalue weighted by atomic mass is 31.2. The Morgan fingerprint density at radius 1 is 1.19 bits per heavy atom. The van der Waals surface area contributed by atoms with Crippen molar-refractivity contribution in [1.29, 1.82) is 0 Å². The number of ether oxygens (including phenoxy) is 1. The van der Waals surface area contributed by atoms with Crippen LogP contribution in [0.15, 0.2) is 0 Å². The summed E-state index contributed by atoms with van der Waals surface area (Å²) in [5.74, 6) is 0. The van der Waals surface area contributed by atoms with Crippen LogP contribution in [0.2, 0.25) is 0 Å². The van der Waals surface area contributed by atoms with Crippen LogP contribution >= 0.6 is 7.60 Å². The van der Waals surface area contributed by atoms with Gasteiger partial charge in [0.25, 0.3) is 5.53 Å². The molecule has 1 fully saturated rings.